The predicted octanol–water partition coefficient (Wildman–Crippen LogP) is 2.93. The average Bonchev–Trinajstić information content (AvgIpc) is 3.41. The Hall–Kier alpha value is -2.37. The third-order valence-corrected chi connectivity index (χ3v) is 7.11. The van der Waals surface area contributed by atoms with Crippen molar-refractivity contribution in [1.82, 2.24) is 34.5 Å². The smallest absolute Gasteiger partial charge is 0.291 e. The van der Waals surface area contributed by atoms with Crippen molar-refractivity contribution in [2.24, 2.45) is 7.05 Å². The van der Waals surface area contributed by atoms with E-state index in [1.54, 1.807) is 35.1 Å². The Bertz CT molecular complexity index is 1330. The second-order valence-electron chi connectivity index (χ2n) is 6.02. The molecule has 11 heteroatoms. The van der Waals surface area contributed by atoms with Gasteiger partial charge in [-0.05, 0) is 22.0 Å². The molecule has 0 spiro atoms. The molecule has 0 aliphatic heterocycles. The Labute approximate surface area is 168 Å². The molecule has 0 aliphatic rings. The SMILES string of the molecule is Cn1c2nc(Cc3ncsc3Br)sc2c2cnn(Cc3ccn[nH]3)c(=O)c21. The van der Waals surface area contributed by atoms with Crippen LogP contribution in [0.15, 0.2) is 32.6 Å². The molecular formula is C16H12BrN7OS2. The number of fused-ring (bicyclic) bond motifs is 3. The van der Waals surface area contributed by atoms with E-state index in [4.69, 9.17) is 4.98 Å². The summed E-state index contributed by atoms with van der Waals surface area (Å²) in [7, 11) is 1.87. The maximum atomic E-state index is 12.9. The zero-order valence-electron chi connectivity index (χ0n) is 14.0. The lowest BCUT2D eigenvalue weighted by Gasteiger charge is -2.03. The molecule has 5 heterocycles. The molecule has 8 nitrogen and oxygen atoms in total. The molecule has 1 N–H and O–H groups in total. The first-order valence-corrected chi connectivity index (χ1v) is 10.5. The molecule has 0 bridgehead atoms. The summed E-state index contributed by atoms with van der Waals surface area (Å²) in [5, 5.41) is 12.9. The summed E-state index contributed by atoms with van der Waals surface area (Å²) in [6, 6.07) is 1.83. The van der Waals surface area contributed by atoms with Gasteiger partial charge in [0.15, 0.2) is 5.65 Å². The molecule has 0 saturated heterocycles. The van der Waals surface area contributed by atoms with E-state index in [2.05, 4.69) is 36.2 Å². The lowest BCUT2D eigenvalue weighted by Crippen LogP contribution is -2.24. The zero-order chi connectivity index (χ0) is 18.5. The van der Waals surface area contributed by atoms with Gasteiger partial charge in [-0.3, -0.25) is 9.89 Å². The summed E-state index contributed by atoms with van der Waals surface area (Å²) < 4.78 is 5.29. The fraction of sp³-hybridized carbons (Fsp3) is 0.188. The van der Waals surface area contributed by atoms with Crippen molar-refractivity contribution in [3.05, 3.63) is 54.5 Å². The van der Waals surface area contributed by atoms with Crippen molar-refractivity contribution in [2.45, 2.75) is 13.0 Å². The minimum atomic E-state index is -0.140. The van der Waals surface area contributed by atoms with Gasteiger partial charge in [-0.2, -0.15) is 10.2 Å². The number of aryl methyl sites for hydroxylation is 1. The number of aromatic nitrogens is 7. The minimum absolute atomic E-state index is 0.140. The Morgan fingerprint density at radius 2 is 2.26 bits per heavy atom. The van der Waals surface area contributed by atoms with Gasteiger partial charge in [0.25, 0.3) is 5.56 Å². The zero-order valence-corrected chi connectivity index (χ0v) is 17.2. The second-order valence-corrected chi connectivity index (χ2v) is 9.28. The Morgan fingerprint density at radius 3 is 3.00 bits per heavy atom. The van der Waals surface area contributed by atoms with Crippen molar-refractivity contribution >= 4 is 59.9 Å². The lowest BCUT2D eigenvalue weighted by atomic mass is 10.3. The van der Waals surface area contributed by atoms with Crippen LogP contribution in [0.1, 0.15) is 16.4 Å². The quantitative estimate of drug-likeness (QED) is 0.443. The van der Waals surface area contributed by atoms with Crippen LogP contribution >= 0.6 is 38.6 Å². The molecule has 0 saturated carbocycles. The number of H-pyrrole nitrogens is 1. The van der Waals surface area contributed by atoms with Gasteiger partial charge in [0, 0.05) is 25.1 Å². The van der Waals surface area contributed by atoms with Crippen molar-refractivity contribution < 1.29 is 0 Å². The maximum absolute atomic E-state index is 12.9. The highest BCUT2D eigenvalue weighted by molar-refractivity contribution is 9.11. The highest BCUT2D eigenvalue weighted by Crippen LogP contribution is 2.32. The summed E-state index contributed by atoms with van der Waals surface area (Å²) in [5.41, 5.74) is 4.89. The summed E-state index contributed by atoms with van der Waals surface area (Å²) >= 11 is 6.66. The number of thiazole rings is 2. The Balaban J connectivity index is 1.61. The number of nitrogens with one attached hydrogen (secondary N) is 1. The normalized spacial score (nSPS) is 11.8. The van der Waals surface area contributed by atoms with E-state index in [-0.39, 0.29) is 5.56 Å². The van der Waals surface area contributed by atoms with Crippen molar-refractivity contribution in [2.75, 3.05) is 0 Å². The molecule has 0 fully saturated rings. The van der Waals surface area contributed by atoms with Gasteiger partial charge in [0.1, 0.15) is 10.5 Å². The van der Waals surface area contributed by atoms with Gasteiger partial charge in [-0.1, -0.05) is 0 Å². The Kier molecular flexibility index (Phi) is 3.95. The molecule has 5 aromatic rings. The third-order valence-electron chi connectivity index (χ3n) is 4.36. The molecular weight excluding hydrogens is 450 g/mol. The molecule has 0 aromatic carbocycles. The van der Waals surface area contributed by atoms with Crippen LogP contribution in [0.25, 0.3) is 21.3 Å². The first-order valence-electron chi connectivity index (χ1n) is 8.02. The van der Waals surface area contributed by atoms with Gasteiger partial charge in [-0.15, -0.1) is 22.7 Å². The van der Waals surface area contributed by atoms with Crippen molar-refractivity contribution in [1.29, 1.82) is 0 Å². The van der Waals surface area contributed by atoms with Crippen molar-refractivity contribution in [3.63, 3.8) is 0 Å². The molecule has 0 unspecified atom stereocenters. The number of hydrogen-bond acceptors (Lipinski definition) is 7. The van der Waals surface area contributed by atoms with Crippen LogP contribution in [-0.4, -0.2) is 34.5 Å². The number of nitrogens with zero attached hydrogens (tertiary/aromatic N) is 6. The highest BCUT2D eigenvalue weighted by atomic mass is 79.9. The number of halogens is 1. The highest BCUT2D eigenvalue weighted by Gasteiger charge is 2.19. The number of aromatic amines is 1. The van der Waals surface area contributed by atoms with Crippen LogP contribution in [0.4, 0.5) is 0 Å². The van der Waals surface area contributed by atoms with Crippen LogP contribution in [0.5, 0.6) is 0 Å². The van der Waals surface area contributed by atoms with Gasteiger partial charge in [-0.25, -0.2) is 14.6 Å². The molecule has 5 rings (SSSR count). The third kappa shape index (κ3) is 2.73. The molecule has 5 aromatic heterocycles. The van der Waals surface area contributed by atoms with E-state index in [1.165, 1.54) is 4.68 Å². The number of rotatable bonds is 4. The van der Waals surface area contributed by atoms with Gasteiger partial charge in [0.2, 0.25) is 0 Å². The van der Waals surface area contributed by atoms with Gasteiger partial charge < -0.3 is 4.57 Å². The van der Waals surface area contributed by atoms with Gasteiger partial charge >= 0.3 is 0 Å². The van der Waals surface area contributed by atoms with E-state index in [1.807, 2.05) is 23.2 Å². The van der Waals surface area contributed by atoms with E-state index in [9.17, 15) is 4.79 Å². The summed E-state index contributed by atoms with van der Waals surface area (Å²) in [5.74, 6) is 0. The van der Waals surface area contributed by atoms with E-state index in [0.717, 1.165) is 35.9 Å². The van der Waals surface area contributed by atoms with Crippen LogP contribution in [0.3, 0.4) is 0 Å². The topological polar surface area (TPSA) is 94.3 Å². The molecule has 0 radical (unpaired) electrons. The predicted molar refractivity (Wildman–Crippen MR) is 108 cm³/mol. The monoisotopic (exact) mass is 461 g/mol. The Morgan fingerprint density at radius 1 is 1.37 bits per heavy atom. The lowest BCUT2D eigenvalue weighted by molar-refractivity contribution is 0.631. The van der Waals surface area contributed by atoms with Crippen LogP contribution in [0, 0.1) is 0 Å². The number of hydrogen-bond donors (Lipinski definition) is 1. The molecule has 0 atom stereocenters. The van der Waals surface area contributed by atoms with Crippen LogP contribution in [0.2, 0.25) is 0 Å². The first-order chi connectivity index (χ1) is 13.1. The maximum Gasteiger partial charge on any atom is 0.291 e. The van der Waals surface area contributed by atoms with E-state index in [0.29, 0.717) is 18.5 Å². The summed E-state index contributed by atoms with van der Waals surface area (Å²) in [6.07, 6.45) is 4.06. The molecule has 136 valence electrons. The summed E-state index contributed by atoms with van der Waals surface area (Å²) in [4.78, 5) is 22.1. The molecule has 0 amide bonds. The van der Waals surface area contributed by atoms with Crippen LogP contribution < -0.4 is 5.56 Å². The fourth-order valence-electron chi connectivity index (χ4n) is 3.07. The largest absolute Gasteiger partial charge is 0.323 e. The minimum Gasteiger partial charge on any atom is -0.323 e. The summed E-state index contributed by atoms with van der Waals surface area (Å²) in [6.45, 7) is 0.351. The average molecular weight is 462 g/mol. The van der Waals surface area contributed by atoms with E-state index < -0.39 is 0 Å². The standard InChI is InChI=1S/C16H12BrN7OS2/c1-23-12-9(5-20-24(16(12)25)6-8-2-3-19-22-8)13-15(23)21-11(27-13)4-10-14(17)26-7-18-10/h2-3,5,7H,4,6H2,1H3,(H,19,22). The molecule has 27 heavy (non-hydrogen) atoms. The van der Waals surface area contributed by atoms with Gasteiger partial charge in [0.05, 0.1) is 38.1 Å². The molecule has 0 aliphatic carbocycles. The van der Waals surface area contributed by atoms with Crippen molar-refractivity contribution in [3.8, 4) is 0 Å². The van der Waals surface area contributed by atoms with E-state index >= 15 is 0 Å². The second kappa shape index (κ2) is 6.36. The fourth-order valence-corrected chi connectivity index (χ4v) is 5.20. The van der Waals surface area contributed by atoms with Crippen LogP contribution in [-0.2, 0) is 20.0 Å². The first kappa shape index (κ1) is 16.8.